The molecule has 4 rings (SSSR count). The van der Waals surface area contributed by atoms with Crippen molar-refractivity contribution in [2.24, 2.45) is 0 Å². The van der Waals surface area contributed by atoms with Crippen molar-refractivity contribution in [3.63, 3.8) is 0 Å². The minimum Gasteiger partial charge on any atom is -0.493 e. The molecule has 0 unspecified atom stereocenters. The fourth-order valence-electron chi connectivity index (χ4n) is 3.81. The molecule has 0 saturated carbocycles. The fraction of sp³-hybridized carbons (Fsp3) is 0.241. The van der Waals surface area contributed by atoms with Crippen LogP contribution in [0.25, 0.3) is 10.9 Å². The topological polar surface area (TPSA) is 88.1 Å². The molecule has 0 aliphatic rings. The first-order chi connectivity index (χ1) is 18.4. The number of halogens is 1. The average molecular weight is 537 g/mol. The molecule has 9 heteroatoms. The van der Waals surface area contributed by atoms with Crippen LogP contribution in [-0.2, 0) is 4.74 Å². The van der Waals surface area contributed by atoms with Gasteiger partial charge >= 0.3 is 6.09 Å². The molecule has 1 N–H and O–H groups in total. The van der Waals surface area contributed by atoms with Gasteiger partial charge in [-0.3, -0.25) is 10.3 Å². The van der Waals surface area contributed by atoms with E-state index in [0.29, 0.717) is 58.0 Å². The summed E-state index contributed by atoms with van der Waals surface area (Å²) in [6, 6.07) is 16.3. The van der Waals surface area contributed by atoms with Crippen LogP contribution in [0.3, 0.4) is 0 Å². The molecule has 3 aromatic carbocycles. The van der Waals surface area contributed by atoms with Gasteiger partial charge in [-0.15, -0.1) is 0 Å². The van der Waals surface area contributed by atoms with Gasteiger partial charge in [0.15, 0.2) is 11.5 Å². The van der Waals surface area contributed by atoms with Gasteiger partial charge in [0.2, 0.25) is 0 Å². The fourth-order valence-corrected chi connectivity index (χ4v) is 4.00. The number of ether oxygens (including phenoxy) is 5. The van der Waals surface area contributed by atoms with E-state index in [-0.39, 0.29) is 6.61 Å². The van der Waals surface area contributed by atoms with Gasteiger partial charge < -0.3 is 23.7 Å². The van der Waals surface area contributed by atoms with Crippen molar-refractivity contribution in [2.45, 2.75) is 20.3 Å². The zero-order valence-electron chi connectivity index (χ0n) is 21.7. The van der Waals surface area contributed by atoms with Gasteiger partial charge in [0.05, 0.1) is 38.0 Å². The van der Waals surface area contributed by atoms with Crippen LogP contribution in [0, 0.1) is 13.8 Å². The van der Waals surface area contributed by atoms with Gasteiger partial charge in [-0.2, -0.15) is 0 Å². The molecule has 0 bridgehead atoms. The maximum atomic E-state index is 12.3. The lowest BCUT2D eigenvalue weighted by atomic mass is 10.1. The molecule has 198 valence electrons. The number of benzene rings is 3. The molecular weight excluding hydrogens is 508 g/mol. The van der Waals surface area contributed by atoms with Crippen LogP contribution in [0.15, 0.2) is 60.8 Å². The van der Waals surface area contributed by atoms with Crippen LogP contribution in [0.2, 0.25) is 5.02 Å². The van der Waals surface area contributed by atoms with E-state index in [1.807, 2.05) is 38.1 Å². The van der Waals surface area contributed by atoms with E-state index in [4.69, 9.17) is 35.3 Å². The summed E-state index contributed by atoms with van der Waals surface area (Å²) in [6.07, 6.45) is 1.66. The largest absolute Gasteiger partial charge is 0.493 e. The number of aromatic nitrogens is 1. The van der Waals surface area contributed by atoms with E-state index >= 15 is 0 Å². The molecule has 0 spiro atoms. The summed E-state index contributed by atoms with van der Waals surface area (Å²) in [7, 11) is 3.16. The number of carbonyl (C=O) groups is 1. The Morgan fingerprint density at radius 1 is 0.868 bits per heavy atom. The summed E-state index contributed by atoms with van der Waals surface area (Å²) in [5.41, 5.74) is 3.09. The monoisotopic (exact) mass is 536 g/mol. The van der Waals surface area contributed by atoms with Crippen LogP contribution in [-0.4, -0.2) is 38.5 Å². The number of rotatable bonds is 10. The number of fused-ring (bicyclic) bond motifs is 1. The first-order valence-electron chi connectivity index (χ1n) is 12.0. The van der Waals surface area contributed by atoms with Crippen LogP contribution >= 0.6 is 11.6 Å². The number of para-hydroxylation sites is 1. The molecule has 8 nitrogen and oxygen atoms in total. The SMILES string of the molecule is COc1cc2nccc(Oc3ccc(NC(=O)OCCCOc4ccccc4Cl)c(C)c3C)c2cc1OC. The van der Waals surface area contributed by atoms with Gasteiger partial charge in [0, 0.05) is 29.8 Å². The third-order valence-electron chi connectivity index (χ3n) is 6.02. The summed E-state index contributed by atoms with van der Waals surface area (Å²) in [6.45, 7) is 4.43. The average Bonchev–Trinajstić information content (AvgIpc) is 2.93. The molecule has 38 heavy (non-hydrogen) atoms. The summed E-state index contributed by atoms with van der Waals surface area (Å²) < 4.78 is 28.0. The second kappa shape index (κ2) is 12.4. The number of nitrogens with one attached hydrogen (secondary N) is 1. The van der Waals surface area contributed by atoms with Crippen LogP contribution in [0.4, 0.5) is 10.5 Å². The third kappa shape index (κ3) is 6.20. The molecule has 0 radical (unpaired) electrons. The molecule has 4 aromatic rings. The lowest BCUT2D eigenvalue weighted by Gasteiger charge is -2.16. The number of hydrogen-bond acceptors (Lipinski definition) is 7. The van der Waals surface area contributed by atoms with Crippen molar-refractivity contribution in [3.8, 4) is 28.7 Å². The minimum absolute atomic E-state index is 0.207. The number of methoxy groups -OCH3 is 2. The summed E-state index contributed by atoms with van der Waals surface area (Å²) in [4.78, 5) is 16.8. The standard InChI is InChI=1S/C29H29ClN2O6/c1-18-19(2)24(38-25-12-13-31-23-17-28(35-4)27(34-3)16-20(23)25)11-10-22(18)32-29(33)37-15-7-14-36-26-9-6-5-8-21(26)30/h5-6,8-13,16-17H,7,14-15H2,1-4H3,(H,32,33). The lowest BCUT2D eigenvalue weighted by molar-refractivity contribution is 0.152. The van der Waals surface area contributed by atoms with Crippen molar-refractivity contribution < 1.29 is 28.5 Å². The van der Waals surface area contributed by atoms with Crippen LogP contribution in [0.1, 0.15) is 17.5 Å². The maximum absolute atomic E-state index is 12.3. The lowest BCUT2D eigenvalue weighted by Crippen LogP contribution is -2.16. The van der Waals surface area contributed by atoms with Crippen molar-refractivity contribution >= 4 is 34.3 Å². The Hall–Kier alpha value is -4.17. The third-order valence-corrected chi connectivity index (χ3v) is 6.33. The molecule has 0 saturated heterocycles. The van der Waals surface area contributed by atoms with Crippen molar-refractivity contribution in [1.82, 2.24) is 4.98 Å². The number of pyridine rings is 1. The Bertz CT molecular complexity index is 1440. The molecule has 0 fully saturated rings. The molecule has 1 heterocycles. The van der Waals surface area contributed by atoms with Gasteiger partial charge in [0.1, 0.15) is 17.2 Å². The summed E-state index contributed by atoms with van der Waals surface area (Å²) >= 11 is 6.07. The smallest absolute Gasteiger partial charge is 0.411 e. The highest BCUT2D eigenvalue weighted by Gasteiger charge is 2.15. The number of nitrogens with zero attached hydrogens (tertiary/aromatic N) is 1. The predicted molar refractivity (Wildman–Crippen MR) is 147 cm³/mol. The summed E-state index contributed by atoms with van der Waals surface area (Å²) in [5, 5.41) is 4.12. The number of carbonyl (C=O) groups excluding carboxylic acids is 1. The molecule has 0 atom stereocenters. The van der Waals surface area contributed by atoms with Gasteiger partial charge in [-0.25, -0.2) is 4.79 Å². The number of hydrogen-bond donors (Lipinski definition) is 1. The molecule has 1 aromatic heterocycles. The van der Waals surface area contributed by atoms with E-state index in [9.17, 15) is 4.79 Å². The zero-order valence-corrected chi connectivity index (χ0v) is 22.4. The van der Waals surface area contributed by atoms with E-state index in [1.165, 1.54) is 0 Å². The Morgan fingerprint density at radius 2 is 1.63 bits per heavy atom. The molecule has 1 amide bonds. The highest BCUT2D eigenvalue weighted by Crippen LogP contribution is 2.38. The van der Waals surface area contributed by atoms with Crippen molar-refractivity contribution in [3.05, 3.63) is 76.9 Å². The molecule has 0 aliphatic heterocycles. The van der Waals surface area contributed by atoms with Gasteiger partial charge in [-0.05, 0) is 61.4 Å². The summed E-state index contributed by atoms with van der Waals surface area (Å²) in [5.74, 6) is 3.05. The predicted octanol–water partition coefficient (Wildman–Crippen LogP) is 7.33. The Labute approximate surface area is 226 Å². The van der Waals surface area contributed by atoms with Crippen molar-refractivity contribution in [1.29, 1.82) is 0 Å². The van der Waals surface area contributed by atoms with E-state index in [0.717, 1.165) is 16.5 Å². The van der Waals surface area contributed by atoms with E-state index in [1.54, 1.807) is 50.7 Å². The number of anilines is 1. The highest BCUT2D eigenvalue weighted by molar-refractivity contribution is 6.32. The van der Waals surface area contributed by atoms with E-state index < -0.39 is 6.09 Å². The highest BCUT2D eigenvalue weighted by atomic mass is 35.5. The molecular formula is C29H29ClN2O6. The van der Waals surface area contributed by atoms with Gasteiger partial charge in [0.25, 0.3) is 0 Å². The number of amides is 1. The Morgan fingerprint density at radius 3 is 2.39 bits per heavy atom. The van der Waals surface area contributed by atoms with Crippen LogP contribution < -0.4 is 24.3 Å². The van der Waals surface area contributed by atoms with Crippen LogP contribution in [0.5, 0.6) is 28.7 Å². The first-order valence-corrected chi connectivity index (χ1v) is 12.4. The quantitative estimate of drug-likeness (QED) is 0.212. The normalized spacial score (nSPS) is 10.7. The minimum atomic E-state index is -0.542. The van der Waals surface area contributed by atoms with Gasteiger partial charge in [-0.1, -0.05) is 23.7 Å². The first kappa shape index (κ1) is 26.9. The second-order valence-electron chi connectivity index (χ2n) is 8.39. The molecule has 0 aliphatic carbocycles. The zero-order chi connectivity index (χ0) is 27.1. The van der Waals surface area contributed by atoms with Crippen molar-refractivity contribution in [2.75, 3.05) is 32.8 Å². The Balaban J connectivity index is 1.38. The second-order valence-corrected chi connectivity index (χ2v) is 8.80. The Kier molecular flexibility index (Phi) is 8.76. The van der Waals surface area contributed by atoms with E-state index in [2.05, 4.69) is 10.3 Å². The maximum Gasteiger partial charge on any atom is 0.411 e.